The second-order valence-corrected chi connectivity index (χ2v) is 5.03. The van der Waals surface area contributed by atoms with Gasteiger partial charge in [-0.3, -0.25) is 14.9 Å². The number of ether oxygens (including phenoxy) is 1. The molecule has 1 N–H and O–H groups in total. The Hall–Kier alpha value is -2.95. The smallest absolute Gasteiger partial charge is 0.411 e. The highest BCUT2D eigenvalue weighted by Crippen LogP contribution is 2.23. The summed E-state index contributed by atoms with van der Waals surface area (Å²) >= 11 is 0. The Morgan fingerprint density at radius 3 is 1.96 bits per heavy atom. The normalized spacial score (nSPS) is 10.0. The minimum Gasteiger partial charge on any atom is -0.444 e. The van der Waals surface area contributed by atoms with Gasteiger partial charge >= 0.3 is 6.09 Å². The van der Waals surface area contributed by atoms with Gasteiger partial charge in [0.1, 0.15) is 6.61 Å². The second kappa shape index (κ2) is 7.35. The molecular weight excluding hydrogens is 294 g/mol. The monoisotopic (exact) mass is 311 g/mol. The van der Waals surface area contributed by atoms with Crippen molar-refractivity contribution in [3.05, 3.63) is 65.2 Å². The van der Waals surface area contributed by atoms with Gasteiger partial charge in [-0.1, -0.05) is 36.4 Å². The zero-order valence-electron chi connectivity index (χ0n) is 13.0. The summed E-state index contributed by atoms with van der Waals surface area (Å²) in [5.74, 6) is -0.488. The van der Waals surface area contributed by atoms with Gasteiger partial charge in [0.25, 0.3) is 0 Å². The van der Waals surface area contributed by atoms with Crippen LogP contribution in [-0.4, -0.2) is 17.7 Å². The first-order valence-corrected chi connectivity index (χ1v) is 7.11. The molecule has 0 saturated carbocycles. The predicted octanol–water partition coefficient (Wildman–Crippen LogP) is 3.84. The molecule has 5 heteroatoms. The van der Waals surface area contributed by atoms with E-state index < -0.39 is 6.09 Å². The van der Waals surface area contributed by atoms with Crippen molar-refractivity contribution in [3.8, 4) is 0 Å². The number of hydrogen-bond donors (Lipinski definition) is 1. The first kappa shape index (κ1) is 16.4. The van der Waals surface area contributed by atoms with E-state index in [-0.39, 0.29) is 35.0 Å². The lowest BCUT2D eigenvalue weighted by atomic mass is 10.0. The Bertz CT molecular complexity index is 706. The van der Waals surface area contributed by atoms with Crippen LogP contribution in [0.1, 0.15) is 40.1 Å². The molecule has 0 bridgehead atoms. The highest BCUT2D eigenvalue weighted by Gasteiger charge is 2.17. The Morgan fingerprint density at radius 2 is 1.43 bits per heavy atom. The molecule has 0 heterocycles. The summed E-state index contributed by atoms with van der Waals surface area (Å²) in [7, 11) is 0. The molecule has 2 aromatic carbocycles. The molecule has 0 aliphatic heterocycles. The minimum atomic E-state index is -0.718. The maximum absolute atomic E-state index is 12.0. The van der Waals surface area contributed by atoms with E-state index in [0.29, 0.717) is 0 Å². The number of benzene rings is 2. The minimum absolute atomic E-state index is 0.102. The van der Waals surface area contributed by atoms with E-state index in [9.17, 15) is 14.4 Å². The number of para-hydroxylation sites is 1. The van der Waals surface area contributed by atoms with Crippen LogP contribution in [-0.2, 0) is 11.3 Å². The fourth-order valence-electron chi connectivity index (χ4n) is 2.14. The average molecular weight is 311 g/mol. The van der Waals surface area contributed by atoms with Crippen molar-refractivity contribution in [2.45, 2.75) is 20.5 Å². The van der Waals surface area contributed by atoms with Gasteiger partial charge in [0, 0.05) is 11.1 Å². The van der Waals surface area contributed by atoms with Gasteiger partial charge in [0.05, 0.1) is 5.69 Å². The lowest BCUT2D eigenvalue weighted by Crippen LogP contribution is -2.18. The van der Waals surface area contributed by atoms with E-state index in [1.54, 1.807) is 18.2 Å². The van der Waals surface area contributed by atoms with E-state index >= 15 is 0 Å². The first-order valence-electron chi connectivity index (χ1n) is 7.11. The van der Waals surface area contributed by atoms with Crippen molar-refractivity contribution >= 4 is 23.3 Å². The molecule has 2 aromatic rings. The molecule has 0 unspecified atom stereocenters. The van der Waals surface area contributed by atoms with Gasteiger partial charge in [-0.2, -0.15) is 0 Å². The molecule has 0 aliphatic rings. The molecule has 0 atom stereocenters. The lowest BCUT2D eigenvalue weighted by Gasteiger charge is -2.13. The number of anilines is 1. The topological polar surface area (TPSA) is 72.5 Å². The molecule has 2 rings (SSSR count). The molecule has 0 radical (unpaired) electrons. The van der Waals surface area contributed by atoms with Crippen molar-refractivity contribution < 1.29 is 19.1 Å². The predicted molar refractivity (Wildman–Crippen MR) is 86.7 cm³/mol. The standard InChI is InChI=1S/C18H17NO4/c1-12(20)15-9-6-10-16(13(2)21)17(15)19-18(22)23-11-14-7-4-3-5-8-14/h3-10H,11H2,1-2H3,(H,19,22). The van der Waals surface area contributed by atoms with Crippen LogP contribution in [0.3, 0.4) is 0 Å². The number of Topliss-reactive ketones (excluding diaryl/α,β-unsaturated/α-hetero) is 2. The Labute approximate surface area is 134 Å². The molecule has 0 aliphatic carbocycles. The fraction of sp³-hybridized carbons (Fsp3) is 0.167. The molecule has 23 heavy (non-hydrogen) atoms. The zero-order valence-corrected chi connectivity index (χ0v) is 13.0. The van der Waals surface area contributed by atoms with Crippen LogP contribution in [0.4, 0.5) is 10.5 Å². The number of rotatable bonds is 5. The van der Waals surface area contributed by atoms with Gasteiger partial charge in [0.2, 0.25) is 0 Å². The van der Waals surface area contributed by atoms with Crippen LogP contribution in [0.2, 0.25) is 0 Å². The highest BCUT2D eigenvalue weighted by molar-refractivity contribution is 6.10. The van der Waals surface area contributed by atoms with E-state index in [0.717, 1.165) is 5.56 Å². The number of carbonyl (C=O) groups is 3. The van der Waals surface area contributed by atoms with E-state index in [2.05, 4.69) is 5.32 Å². The Balaban J connectivity index is 2.16. The Morgan fingerprint density at radius 1 is 0.870 bits per heavy atom. The lowest BCUT2D eigenvalue weighted by molar-refractivity contribution is 0.101. The number of hydrogen-bond acceptors (Lipinski definition) is 4. The number of ketones is 2. The van der Waals surface area contributed by atoms with E-state index in [1.807, 2.05) is 30.3 Å². The highest BCUT2D eigenvalue weighted by atomic mass is 16.5. The summed E-state index contributed by atoms with van der Waals surface area (Å²) in [4.78, 5) is 35.4. The molecule has 0 fully saturated rings. The molecule has 0 aromatic heterocycles. The van der Waals surface area contributed by atoms with Gasteiger partial charge in [-0.05, 0) is 31.5 Å². The van der Waals surface area contributed by atoms with Crippen molar-refractivity contribution in [3.63, 3.8) is 0 Å². The van der Waals surface area contributed by atoms with Crippen LogP contribution in [0.25, 0.3) is 0 Å². The summed E-state index contributed by atoms with van der Waals surface area (Å²) in [6.07, 6.45) is -0.718. The Kier molecular flexibility index (Phi) is 5.25. The second-order valence-electron chi connectivity index (χ2n) is 5.03. The van der Waals surface area contributed by atoms with Crippen molar-refractivity contribution in [2.24, 2.45) is 0 Å². The van der Waals surface area contributed by atoms with E-state index in [1.165, 1.54) is 13.8 Å². The van der Waals surface area contributed by atoms with Crippen molar-refractivity contribution in [2.75, 3.05) is 5.32 Å². The first-order chi connectivity index (χ1) is 11.0. The molecule has 1 amide bonds. The zero-order chi connectivity index (χ0) is 16.8. The molecular formula is C18H17NO4. The van der Waals surface area contributed by atoms with Crippen LogP contribution in [0.15, 0.2) is 48.5 Å². The molecule has 0 saturated heterocycles. The van der Waals surface area contributed by atoms with Gasteiger partial charge in [0.15, 0.2) is 11.6 Å². The summed E-state index contributed by atoms with van der Waals surface area (Å²) in [6.45, 7) is 2.85. The summed E-state index contributed by atoms with van der Waals surface area (Å²) in [5, 5.41) is 2.51. The summed E-state index contributed by atoms with van der Waals surface area (Å²) in [6, 6.07) is 13.9. The van der Waals surface area contributed by atoms with Crippen molar-refractivity contribution in [1.82, 2.24) is 0 Å². The van der Waals surface area contributed by atoms with E-state index in [4.69, 9.17) is 4.74 Å². The van der Waals surface area contributed by atoms with Crippen LogP contribution in [0.5, 0.6) is 0 Å². The van der Waals surface area contributed by atoms with Crippen LogP contribution < -0.4 is 5.32 Å². The molecule has 5 nitrogen and oxygen atoms in total. The largest absolute Gasteiger partial charge is 0.444 e. The van der Waals surface area contributed by atoms with Gasteiger partial charge in [-0.15, -0.1) is 0 Å². The summed E-state index contributed by atoms with van der Waals surface area (Å²) in [5.41, 5.74) is 1.57. The van der Waals surface area contributed by atoms with Gasteiger partial charge in [-0.25, -0.2) is 4.79 Å². The maximum Gasteiger partial charge on any atom is 0.411 e. The third kappa shape index (κ3) is 4.26. The summed E-state index contributed by atoms with van der Waals surface area (Å²) < 4.78 is 5.13. The quantitative estimate of drug-likeness (QED) is 0.851. The van der Waals surface area contributed by atoms with Crippen LogP contribution in [0, 0.1) is 0 Å². The number of carbonyl (C=O) groups excluding carboxylic acids is 3. The third-order valence-electron chi connectivity index (χ3n) is 3.26. The maximum atomic E-state index is 12.0. The number of amides is 1. The van der Waals surface area contributed by atoms with Gasteiger partial charge < -0.3 is 4.74 Å². The van der Waals surface area contributed by atoms with Crippen LogP contribution >= 0.6 is 0 Å². The third-order valence-corrected chi connectivity index (χ3v) is 3.26. The van der Waals surface area contributed by atoms with Crippen molar-refractivity contribution in [1.29, 1.82) is 0 Å². The fourth-order valence-corrected chi connectivity index (χ4v) is 2.14. The number of nitrogens with one attached hydrogen (secondary N) is 1. The molecule has 0 spiro atoms. The SMILES string of the molecule is CC(=O)c1cccc(C(C)=O)c1NC(=O)OCc1ccccc1. The molecule has 118 valence electrons. The average Bonchev–Trinajstić information content (AvgIpc) is 2.53.